The van der Waals surface area contributed by atoms with E-state index < -0.39 is 11.7 Å². The second-order valence-electron chi connectivity index (χ2n) is 8.24. The van der Waals surface area contributed by atoms with E-state index >= 15 is 0 Å². The van der Waals surface area contributed by atoms with Crippen LogP contribution in [-0.4, -0.2) is 54.5 Å². The summed E-state index contributed by atoms with van der Waals surface area (Å²) >= 11 is 3.22. The Morgan fingerprint density at radius 1 is 1.00 bits per heavy atom. The number of nitrogens with zero attached hydrogens (tertiary/aromatic N) is 1. The van der Waals surface area contributed by atoms with Crippen LogP contribution in [0.2, 0.25) is 0 Å². The van der Waals surface area contributed by atoms with Crippen molar-refractivity contribution in [3.8, 4) is 0 Å². The third-order valence-corrected chi connectivity index (χ3v) is 6.58. The first kappa shape index (κ1) is 23.5. The van der Waals surface area contributed by atoms with Gasteiger partial charge in [-0.15, -0.1) is 0 Å². The van der Waals surface area contributed by atoms with Gasteiger partial charge in [0.15, 0.2) is 0 Å². The van der Waals surface area contributed by atoms with Crippen molar-refractivity contribution in [2.45, 2.75) is 63.5 Å². The lowest BCUT2D eigenvalue weighted by molar-refractivity contribution is -0.121. The Morgan fingerprint density at radius 2 is 1.68 bits per heavy atom. The molecule has 1 aromatic rings. The van der Waals surface area contributed by atoms with Crippen LogP contribution in [0.4, 0.5) is 9.18 Å². The minimum Gasteiger partial charge on any atom is -0.353 e. The summed E-state index contributed by atoms with van der Waals surface area (Å²) < 4.78 is 13.8. The fourth-order valence-corrected chi connectivity index (χ4v) is 4.52. The zero-order valence-corrected chi connectivity index (χ0v) is 19.2. The first-order chi connectivity index (χ1) is 14.9. The van der Waals surface area contributed by atoms with Crippen LogP contribution in [0.5, 0.6) is 0 Å². The summed E-state index contributed by atoms with van der Waals surface area (Å²) in [7, 11) is 0. The number of rotatable bonds is 6. The van der Waals surface area contributed by atoms with Crippen LogP contribution in [0.25, 0.3) is 0 Å². The average molecular weight is 497 g/mol. The molecule has 2 fully saturated rings. The summed E-state index contributed by atoms with van der Waals surface area (Å²) in [6, 6.07) is 4.21. The lowest BCUT2D eigenvalue weighted by Crippen LogP contribution is -2.51. The lowest BCUT2D eigenvalue weighted by atomic mass is 9.95. The van der Waals surface area contributed by atoms with E-state index in [1.165, 1.54) is 31.4 Å². The smallest absolute Gasteiger partial charge is 0.317 e. The molecule has 3 N–H and O–H groups in total. The van der Waals surface area contributed by atoms with Crippen LogP contribution in [0, 0.1) is 5.82 Å². The minimum absolute atomic E-state index is 0.00268. The van der Waals surface area contributed by atoms with Crippen molar-refractivity contribution < 1.29 is 18.8 Å². The van der Waals surface area contributed by atoms with Crippen LogP contribution in [0.3, 0.4) is 0 Å². The SMILES string of the molecule is O=C(CCNC(=O)c1cc(F)ccc1Br)NC1CCN(C(=O)NC2CCCCC2)CC1. The minimum atomic E-state index is -0.496. The molecule has 0 bridgehead atoms. The molecule has 0 aromatic heterocycles. The number of nitrogens with one attached hydrogen (secondary N) is 3. The van der Waals surface area contributed by atoms with E-state index in [1.807, 2.05) is 4.90 Å². The van der Waals surface area contributed by atoms with E-state index in [4.69, 9.17) is 0 Å². The molecule has 1 heterocycles. The summed E-state index contributed by atoms with van der Waals surface area (Å²) in [6.45, 7) is 1.40. The third kappa shape index (κ3) is 7.19. The molecule has 2 aliphatic rings. The average Bonchev–Trinajstić information content (AvgIpc) is 2.76. The molecule has 1 saturated heterocycles. The van der Waals surface area contributed by atoms with Crippen LogP contribution in [0.1, 0.15) is 61.7 Å². The molecule has 0 radical (unpaired) electrons. The normalized spacial score (nSPS) is 17.8. The summed E-state index contributed by atoms with van der Waals surface area (Å²) in [5.41, 5.74) is 0.194. The maximum atomic E-state index is 13.3. The number of hydrogen-bond donors (Lipinski definition) is 3. The fraction of sp³-hybridized carbons (Fsp3) is 0.591. The van der Waals surface area contributed by atoms with Gasteiger partial charge >= 0.3 is 6.03 Å². The summed E-state index contributed by atoms with van der Waals surface area (Å²) in [4.78, 5) is 38.6. The van der Waals surface area contributed by atoms with Gasteiger partial charge in [0.2, 0.25) is 5.91 Å². The molecule has 1 aromatic carbocycles. The number of carbonyl (C=O) groups is 3. The van der Waals surface area contributed by atoms with Crippen molar-refractivity contribution >= 4 is 33.8 Å². The van der Waals surface area contributed by atoms with Gasteiger partial charge < -0.3 is 20.9 Å². The maximum absolute atomic E-state index is 13.3. The van der Waals surface area contributed by atoms with E-state index in [2.05, 4.69) is 31.9 Å². The summed E-state index contributed by atoms with van der Waals surface area (Å²) in [5, 5.41) is 8.75. The van der Waals surface area contributed by atoms with E-state index in [0.717, 1.165) is 18.9 Å². The van der Waals surface area contributed by atoms with Gasteiger partial charge in [-0.2, -0.15) is 0 Å². The van der Waals surface area contributed by atoms with E-state index in [1.54, 1.807) is 0 Å². The van der Waals surface area contributed by atoms with Gasteiger partial charge in [-0.05, 0) is 59.8 Å². The molecule has 1 aliphatic heterocycles. The number of benzene rings is 1. The number of likely N-dealkylation sites (tertiary alicyclic amines) is 1. The van der Waals surface area contributed by atoms with Gasteiger partial charge in [0.25, 0.3) is 5.91 Å². The third-order valence-electron chi connectivity index (χ3n) is 5.89. The van der Waals surface area contributed by atoms with E-state index in [9.17, 15) is 18.8 Å². The van der Waals surface area contributed by atoms with Crippen molar-refractivity contribution in [1.29, 1.82) is 0 Å². The highest BCUT2D eigenvalue weighted by Crippen LogP contribution is 2.19. The molecular formula is C22H30BrFN4O3. The van der Waals surface area contributed by atoms with Gasteiger partial charge in [-0.25, -0.2) is 9.18 Å². The van der Waals surface area contributed by atoms with E-state index in [0.29, 0.717) is 36.4 Å². The molecule has 170 valence electrons. The second-order valence-corrected chi connectivity index (χ2v) is 9.10. The monoisotopic (exact) mass is 496 g/mol. The van der Waals surface area contributed by atoms with Gasteiger partial charge in [-0.3, -0.25) is 9.59 Å². The Morgan fingerprint density at radius 3 is 2.39 bits per heavy atom. The van der Waals surface area contributed by atoms with Crippen LogP contribution in [-0.2, 0) is 4.79 Å². The number of hydrogen-bond acceptors (Lipinski definition) is 3. The summed E-state index contributed by atoms with van der Waals surface area (Å²) in [5.74, 6) is -1.08. The highest BCUT2D eigenvalue weighted by molar-refractivity contribution is 9.10. The van der Waals surface area contributed by atoms with Gasteiger partial charge in [-0.1, -0.05) is 19.3 Å². The Hall–Kier alpha value is -2.16. The topological polar surface area (TPSA) is 90.5 Å². The predicted molar refractivity (Wildman–Crippen MR) is 119 cm³/mol. The first-order valence-corrected chi connectivity index (χ1v) is 11.8. The number of halogens is 2. The zero-order valence-electron chi connectivity index (χ0n) is 17.6. The highest BCUT2D eigenvalue weighted by Gasteiger charge is 2.25. The molecule has 1 saturated carbocycles. The van der Waals surface area contributed by atoms with Gasteiger partial charge in [0, 0.05) is 42.6 Å². The van der Waals surface area contributed by atoms with Crippen LogP contribution < -0.4 is 16.0 Å². The second kappa shape index (κ2) is 11.5. The van der Waals surface area contributed by atoms with Gasteiger partial charge in [0.05, 0.1) is 5.56 Å². The lowest BCUT2D eigenvalue weighted by Gasteiger charge is -2.34. The van der Waals surface area contributed by atoms with Crippen molar-refractivity contribution in [2.24, 2.45) is 0 Å². The molecular weight excluding hydrogens is 467 g/mol. The van der Waals surface area contributed by atoms with Crippen molar-refractivity contribution in [2.75, 3.05) is 19.6 Å². The molecule has 9 heteroatoms. The molecule has 31 heavy (non-hydrogen) atoms. The summed E-state index contributed by atoms with van der Waals surface area (Å²) in [6.07, 6.45) is 7.30. The maximum Gasteiger partial charge on any atom is 0.317 e. The van der Waals surface area contributed by atoms with Gasteiger partial charge in [0.1, 0.15) is 5.82 Å². The molecule has 4 amide bonds. The number of piperidine rings is 1. The van der Waals surface area contributed by atoms with Crippen molar-refractivity contribution in [3.05, 3.63) is 34.1 Å². The quantitative estimate of drug-likeness (QED) is 0.563. The Labute approximate surface area is 190 Å². The fourth-order valence-electron chi connectivity index (χ4n) is 4.10. The molecule has 1 aliphatic carbocycles. The standard InChI is InChI=1S/C22H30BrFN4O3/c23-19-7-6-15(24)14-18(19)21(30)25-11-8-20(29)26-17-9-12-28(13-10-17)22(31)27-16-4-2-1-3-5-16/h6-7,14,16-17H,1-5,8-13H2,(H,25,30)(H,26,29)(H,27,31). The van der Waals surface area contributed by atoms with Crippen LogP contribution in [0.15, 0.2) is 22.7 Å². The number of amides is 4. The molecule has 7 nitrogen and oxygen atoms in total. The molecule has 0 spiro atoms. The van der Waals surface area contributed by atoms with Crippen molar-refractivity contribution in [3.63, 3.8) is 0 Å². The van der Waals surface area contributed by atoms with E-state index in [-0.39, 0.29) is 36.5 Å². The van der Waals surface area contributed by atoms with Crippen LogP contribution >= 0.6 is 15.9 Å². The number of carbonyl (C=O) groups excluding carboxylic acids is 3. The Bertz CT molecular complexity index is 793. The largest absolute Gasteiger partial charge is 0.353 e. The highest BCUT2D eigenvalue weighted by atomic mass is 79.9. The van der Waals surface area contributed by atoms with Crippen molar-refractivity contribution in [1.82, 2.24) is 20.9 Å². The molecule has 3 rings (SSSR count). The Balaban J connectivity index is 1.33. The molecule has 0 unspecified atom stereocenters. The molecule has 0 atom stereocenters. The first-order valence-electron chi connectivity index (χ1n) is 11.0. The number of urea groups is 1. The Kier molecular flexibility index (Phi) is 8.69. The zero-order chi connectivity index (χ0) is 22.2. The predicted octanol–water partition coefficient (Wildman–Crippen LogP) is 3.33.